The van der Waals surface area contributed by atoms with Crippen LogP contribution in [0.4, 0.5) is 0 Å². The van der Waals surface area contributed by atoms with Crippen LogP contribution in [-0.4, -0.2) is 11.7 Å². The van der Waals surface area contributed by atoms with Crippen LogP contribution in [0.25, 0.3) is 6.08 Å². The molecule has 0 amide bonds. The summed E-state index contributed by atoms with van der Waals surface area (Å²) in [6.45, 7) is 4.32. The topological polar surface area (TPSA) is 20.2 Å². The van der Waals surface area contributed by atoms with Crippen LogP contribution in [0.1, 0.15) is 23.1 Å². The van der Waals surface area contributed by atoms with Crippen molar-refractivity contribution in [3.8, 4) is 0 Å². The molecule has 0 saturated carbocycles. The minimum atomic E-state index is 0.174. The Kier molecular flexibility index (Phi) is 3.50. The number of rotatable bonds is 3. The zero-order valence-electron chi connectivity index (χ0n) is 7.50. The molecule has 0 unspecified atom stereocenters. The first-order chi connectivity index (χ1) is 5.76. The summed E-state index contributed by atoms with van der Waals surface area (Å²) in [5.74, 6) is 0. The quantitative estimate of drug-likeness (QED) is 0.762. The lowest BCUT2D eigenvalue weighted by atomic mass is 10.2. The molecule has 0 atom stereocenters. The minimum absolute atomic E-state index is 0.174. The zero-order chi connectivity index (χ0) is 8.97. The predicted octanol–water partition coefficient (Wildman–Crippen LogP) is 2.84. The second kappa shape index (κ2) is 4.43. The first-order valence-corrected chi connectivity index (χ1v) is 4.94. The third-order valence-corrected chi connectivity index (χ3v) is 2.71. The summed E-state index contributed by atoms with van der Waals surface area (Å²) in [6.07, 6.45) is 2.99. The average molecular weight is 182 g/mol. The summed E-state index contributed by atoms with van der Waals surface area (Å²) in [5, 5.41) is 8.93. The highest BCUT2D eigenvalue weighted by molar-refractivity contribution is 7.12. The zero-order valence-corrected chi connectivity index (χ0v) is 8.32. The fourth-order valence-corrected chi connectivity index (χ4v) is 1.86. The van der Waals surface area contributed by atoms with E-state index in [0.29, 0.717) is 0 Å². The smallest absolute Gasteiger partial charge is 0.0645 e. The van der Waals surface area contributed by atoms with Crippen LogP contribution in [0, 0.1) is 6.92 Å². The Balaban J connectivity index is 2.78. The molecule has 12 heavy (non-hydrogen) atoms. The van der Waals surface area contributed by atoms with Gasteiger partial charge in [0.1, 0.15) is 0 Å². The first kappa shape index (κ1) is 9.49. The Morgan fingerprint density at radius 2 is 2.33 bits per heavy atom. The molecule has 0 bridgehead atoms. The van der Waals surface area contributed by atoms with E-state index in [1.807, 2.05) is 0 Å². The molecule has 2 heteroatoms. The summed E-state index contributed by atoms with van der Waals surface area (Å²) >= 11 is 1.76. The minimum Gasteiger partial charge on any atom is -0.392 e. The highest BCUT2D eigenvalue weighted by atomic mass is 32.1. The van der Waals surface area contributed by atoms with Crippen LogP contribution in [-0.2, 0) is 0 Å². The SMILES string of the molecule is CCC(=Cc1ccc(C)s1)CO. The van der Waals surface area contributed by atoms with Crippen molar-refractivity contribution in [1.29, 1.82) is 0 Å². The van der Waals surface area contributed by atoms with E-state index < -0.39 is 0 Å². The maximum atomic E-state index is 8.93. The summed E-state index contributed by atoms with van der Waals surface area (Å²) in [7, 11) is 0. The fourth-order valence-electron chi connectivity index (χ4n) is 0.992. The predicted molar refractivity (Wildman–Crippen MR) is 54.4 cm³/mol. The van der Waals surface area contributed by atoms with Crippen molar-refractivity contribution in [2.45, 2.75) is 20.3 Å². The number of hydrogen-bond donors (Lipinski definition) is 1. The molecule has 0 fully saturated rings. The van der Waals surface area contributed by atoms with Crippen molar-refractivity contribution in [1.82, 2.24) is 0 Å². The van der Waals surface area contributed by atoms with Gasteiger partial charge in [0.25, 0.3) is 0 Å². The monoisotopic (exact) mass is 182 g/mol. The number of aliphatic hydroxyl groups is 1. The van der Waals surface area contributed by atoms with Gasteiger partial charge in [0, 0.05) is 9.75 Å². The lowest BCUT2D eigenvalue weighted by molar-refractivity contribution is 0.329. The summed E-state index contributed by atoms with van der Waals surface area (Å²) in [5.41, 5.74) is 1.09. The second-order valence-electron chi connectivity index (χ2n) is 2.76. The van der Waals surface area contributed by atoms with Gasteiger partial charge in [-0.2, -0.15) is 0 Å². The molecule has 66 valence electrons. The number of aryl methyl sites for hydroxylation is 1. The van der Waals surface area contributed by atoms with Gasteiger partial charge in [0.2, 0.25) is 0 Å². The Hall–Kier alpha value is -0.600. The first-order valence-electron chi connectivity index (χ1n) is 4.13. The van der Waals surface area contributed by atoms with E-state index in [1.54, 1.807) is 11.3 Å². The summed E-state index contributed by atoms with van der Waals surface area (Å²) in [4.78, 5) is 2.55. The van der Waals surface area contributed by atoms with Gasteiger partial charge < -0.3 is 5.11 Å². The van der Waals surface area contributed by atoms with Gasteiger partial charge in [0.05, 0.1) is 6.61 Å². The Bertz CT molecular complexity index is 267. The molecule has 0 aromatic carbocycles. The van der Waals surface area contributed by atoms with Crippen molar-refractivity contribution in [2.75, 3.05) is 6.61 Å². The Labute approximate surface area is 77.4 Å². The molecule has 1 aromatic rings. The van der Waals surface area contributed by atoms with Crippen molar-refractivity contribution in [3.05, 3.63) is 27.5 Å². The summed E-state index contributed by atoms with van der Waals surface area (Å²) in [6, 6.07) is 4.19. The molecule has 1 N–H and O–H groups in total. The Morgan fingerprint density at radius 1 is 1.58 bits per heavy atom. The third-order valence-electron chi connectivity index (χ3n) is 1.76. The van der Waals surface area contributed by atoms with Crippen molar-refractivity contribution < 1.29 is 5.11 Å². The molecule has 0 aliphatic rings. The number of hydrogen-bond acceptors (Lipinski definition) is 2. The van der Waals surface area contributed by atoms with Gasteiger partial charge in [-0.15, -0.1) is 11.3 Å². The molecule has 1 aromatic heterocycles. The van der Waals surface area contributed by atoms with E-state index in [0.717, 1.165) is 12.0 Å². The molecular formula is C10H14OS. The van der Waals surface area contributed by atoms with Gasteiger partial charge >= 0.3 is 0 Å². The van der Waals surface area contributed by atoms with Gasteiger partial charge in [-0.25, -0.2) is 0 Å². The van der Waals surface area contributed by atoms with E-state index >= 15 is 0 Å². The van der Waals surface area contributed by atoms with Gasteiger partial charge in [0.15, 0.2) is 0 Å². The molecule has 1 nitrogen and oxygen atoms in total. The molecule has 1 rings (SSSR count). The standard InChI is InChI=1S/C10H14OS/c1-3-9(7-11)6-10-5-4-8(2)12-10/h4-6,11H,3,7H2,1-2H3. The van der Waals surface area contributed by atoms with Crippen molar-refractivity contribution >= 4 is 17.4 Å². The highest BCUT2D eigenvalue weighted by Crippen LogP contribution is 2.18. The van der Waals surface area contributed by atoms with Crippen molar-refractivity contribution in [3.63, 3.8) is 0 Å². The molecule has 1 heterocycles. The van der Waals surface area contributed by atoms with Crippen LogP contribution in [0.3, 0.4) is 0 Å². The fraction of sp³-hybridized carbons (Fsp3) is 0.400. The van der Waals surface area contributed by atoms with Gasteiger partial charge in [-0.3, -0.25) is 0 Å². The second-order valence-corrected chi connectivity index (χ2v) is 4.08. The molecular weight excluding hydrogens is 168 g/mol. The average Bonchev–Trinajstić information content (AvgIpc) is 2.47. The highest BCUT2D eigenvalue weighted by Gasteiger charge is 1.95. The van der Waals surface area contributed by atoms with Crippen LogP contribution < -0.4 is 0 Å². The van der Waals surface area contributed by atoms with E-state index in [9.17, 15) is 0 Å². The largest absolute Gasteiger partial charge is 0.392 e. The van der Waals surface area contributed by atoms with E-state index in [2.05, 4.69) is 32.1 Å². The van der Waals surface area contributed by atoms with Gasteiger partial charge in [-0.1, -0.05) is 6.92 Å². The molecule has 0 saturated heterocycles. The normalized spacial score (nSPS) is 12.1. The van der Waals surface area contributed by atoms with Crippen LogP contribution in [0.2, 0.25) is 0 Å². The van der Waals surface area contributed by atoms with Crippen molar-refractivity contribution in [2.24, 2.45) is 0 Å². The van der Waals surface area contributed by atoms with E-state index in [4.69, 9.17) is 5.11 Å². The maximum absolute atomic E-state index is 8.93. The lowest BCUT2D eigenvalue weighted by Gasteiger charge is -1.96. The third kappa shape index (κ3) is 2.47. The van der Waals surface area contributed by atoms with Crippen LogP contribution in [0.15, 0.2) is 17.7 Å². The maximum Gasteiger partial charge on any atom is 0.0645 e. The van der Waals surface area contributed by atoms with E-state index in [1.165, 1.54) is 9.75 Å². The van der Waals surface area contributed by atoms with E-state index in [-0.39, 0.29) is 6.61 Å². The van der Waals surface area contributed by atoms with Crippen LogP contribution in [0.5, 0.6) is 0 Å². The number of thiophene rings is 1. The number of aliphatic hydroxyl groups excluding tert-OH is 1. The molecule has 0 radical (unpaired) electrons. The Morgan fingerprint density at radius 3 is 2.75 bits per heavy atom. The lowest BCUT2D eigenvalue weighted by Crippen LogP contribution is -1.86. The molecule has 0 aliphatic carbocycles. The van der Waals surface area contributed by atoms with Crippen LogP contribution >= 0.6 is 11.3 Å². The summed E-state index contributed by atoms with van der Waals surface area (Å²) < 4.78 is 0. The molecule has 0 spiro atoms. The van der Waals surface area contributed by atoms with Gasteiger partial charge in [-0.05, 0) is 37.1 Å². The molecule has 0 aliphatic heterocycles.